The minimum Gasteiger partial charge on any atom is -0.310 e. The van der Waals surface area contributed by atoms with Crippen molar-refractivity contribution in [2.75, 3.05) is 4.90 Å². The van der Waals surface area contributed by atoms with E-state index in [1.54, 1.807) is 6.08 Å². The van der Waals surface area contributed by atoms with Gasteiger partial charge in [0.15, 0.2) is 0 Å². The maximum Gasteiger partial charge on any atom is 0.130 e. The van der Waals surface area contributed by atoms with E-state index >= 15 is 0 Å². The molecular formula is C35H31N3. The van der Waals surface area contributed by atoms with Gasteiger partial charge >= 0.3 is 0 Å². The second-order valence-corrected chi connectivity index (χ2v) is 10.1. The van der Waals surface area contributed by atoms with Crippen molar-refractivity contribution in [1.29, 1.82) is 10.5 Å². The highest BCUT2D eigenvalue weighted by Gasteiger charge is 2.41. The zero-order valence-corrected chi connectivity index (χ0v) is 22.4. The Hall–Kier alpha value is -4.60. The van der Waals surface area contributed by atoms with Gasteiger partial charge in [-0.25, -0.2) is 0 Å². The lowest BCUT2D eigenvalue weighted by Crippen LogP contribution is -2.23. The summed E-state index contributed by atoms with van der Waals surface area (Å²) in [4.78, 5) is 2.33. The number of aryl methyl sites for hydroxylation is 2. The maximum atomic E-state index is 9.27. The van der Waals surface area contributed by atoms with Crippen LogP contribution in [0.1, 0.15) is 54.5 Å². The lowest BCUT2D eigenvalue weighted by atomic mass is 9.73. The smallest absolute Gasteiger partial charge is 0.130 e. The summed E-state index contributed by atoms with van der Waals surface area (Å²) < 4.78 is 0. The highest BCUT2D eigenvalue weighted by Crippen LogP contribution is 2.54. The Balaban J connectivity index is 1.69. The Bertz CT molecular complexity index is 1540. The van der Waals surface area contributed by atoms with Crippen LogP contribution in [-0.2, 0) is 5.41 Å². The van der Waals surface area contributed by atoms with Crippen molar-refractivity contribution in [3.05, 3.63) is 118 Å². The lowest BCUT2D eigenvalue weighted by molar-refractivity contribution is 0.490. The van der Waals surface area contributed by atoms with Crippen molar-refractivity contribution in [1.82, 2.24) is 0 Å². The van der Waals surface area contributed by atoms with E-state index in [2.05, 4.69) is 111 Å². The van der Waals surface area contributed by atoms with Gasteiger partial charge in [0, 0.05) is 22.5 Å². The van der Waals surface area contributed by atoms with Gasteiger partial charge in [0.1, 0.15) is 17.7 Å². The number of benzene rings is 4. The van der Waals surface area contributed by atoms with Gasteiger partial charge in [0.05, 0.1) is 0 Å². The molecule has 0 bridgehead atoms. The third-order valence-corrected chi connectivity index (χ3v) is 7.97. The molecule has 0 atom stereocenters. The monoisotopic (exact) mass is 493 g/mol. The molecule has 0 fully saturated rings. The molecule has 1 aliphatic carbocycles. The number of allylic oxidation sites excluding steroid dienone is 1. The van der Waals surface area contributed by atoms with Gasteiger partial charge < -0.3 is 4.90 Å². The number of hydrogen-bond acceptors (Lipinski definition) is 3. The molecule has 4 aromatic carbocycles. The summed E-state index contributed by atoms with van der Waals surface area (Å²) in [5.74, 6) is 0. The topological polar surface area (TPSA) is 50.8 Å². The minimum atomic E-state index is -0.143. The minimum absolute atomic E-state index is 0.119. The molecule has 186 valence electrons. The van der Waals surface area contributed by atoms with Crippen LogP contribution in [0.5, 0.6) is 0 Å². The molecule has 4 aromatic rings. The van der Waals surface area contributed by atoms with Crippen LogP contribution in [0.25, 0.3) is 17.2 Å². The van der Waals surface area contributed by atoms with Crippen molar-refractivity contribution in [2.45, 2.75) is 46.0 Å². The van der Waals surface area contributed by atoms with Crippen molar-refractivity contribution in [2.24, 2.45) is 0 Å². The van der Waals surface area contributed by atoms with Crippen LogP contribution in [0, 0.1) is 36.5 Å². The number of nitrogens with zero attached hydrogens (tertiary/aromatic N) is 3. The van der Waals surface area contributed by atoms with Crippen LogP contribution >= 0.6 is 0 Å². The molecule has 0 heterocycles. The van der Waals surface area contributed by atoms with E-state index in [-0.39, 0.29) is 11.0 Å². The van der Waals surface area contributed by atoms with Crippen molar-refractivity contribution in [3.8, 4) is 23.3 Å². The number of fused-ring (bicyclic) bond motifs is 3. The first-order valence-electron chi connectivity index (χ1n) is 13.2. The van der Waals surface area contributed by atoms with E-state index in [0.717, 1.165) is 35.5 Å². The molecule has 0 N–H and O–H groups in total. The summed E-state index contributed by atoms with van der Waals surface area (Å²) in [7, 11) is 0. The summed E-state index contributed by atoms with van der Waals surface area (Å²) >= 11 is 0. The first-order chi connectivity index (χ1) is 18.4. The second kappa shape index (κ2) is 10.0. The van der Waals surface area contributed by atoms with Gasteiger partial charge in [0.25, 0.3) is 0 Å². The fraction of sp³-hybridized carbons (Fsp3) is 0.200. The zero-order valence-electron chi connectivity index (χ0n) is 22.4. The molecule has 3 nitrogen and oxygen atoms in total. The van der Waals surface area contributed by atoms with Gasteiger partial charge in [-0.05, 0) is 97.0 Å². The van der Waals surface area contributed by atoms with Crippen LogP contribution in [0.4, 0.5) is 17.1 Å². The third-order valence-electron chi connectivity index (χ3n) is 7.97. The summed E-state index contributed by atoms with van der Waals surface area (Å²) in [6.07, 6.45) is 3.60. The Morgan fingerprint density at radius 2 is 1.16 bits per heavy atom. The molecular weight excluding hydrogens is 462 g/mol. The van der Waals surface area contributed by atoms with Gasteiger partial charge in [-0.1, -0.05) is 73.5 Å². The first kappa shape index (κ1) is 25.1. The van der Waals surface area contributed by atoms with Gasteiger partial charge in [0.2, 0.25) is 0 Å². The number of nitriles is 2. The molecule has 0 spiro atoms. The number of rotatable bonds is 6. The first-order valence-corrected chi connectivity index (χ1v) is 13.2. The third kappa shape index (κ3) is 4.17. The molecule has 5 rings (SSSR count). The van der Waals surface area contributed by atoms with E-state index in [4.69, 9.17) is 0 Å². The number of hydrogen-bond donors (Lipinski definition) is 0. The standard InChI is InChI=1S/C35H31N3/c1-5-35(6-2)33-20-26(19-27(22-36)23-37)11-17-31(33)32-18-16-30(21-34(32)35)38(28-12-7-24(3)8-13-28)29-14-9-25(4)10-15-29/h7-21H,5-6H2,1-4H3. The summed E-state index contributed by atoms with van der Waals surface area (Å²) in [6.45, 7) is 8.74. The Labute approximate surface area is 225 Å². The van der Waals surface area contributed by atoms with Crippen LogP contribution in [0.2, 0.25) is 0 Å². The normalized spacial score (nSPS) is 12.6. The molecule has 0 amide bonds. The Morgan fingerprint density at radius 3 is 1.66 bits per heavy atom. The van der Waals surface area contributed by atoms with Crippen LogP contribution in [-0.4, -0.2) is 0 Å². The average molecular weight is 494 g/mol. The molecule has 0 saturated carbocycles. The predicted octanol–water partition coefficient (Wildman–Crippen LogP) is 9.29. The fourth-order valence-electron chi connectivity index (χ4n) is 5.83. The molecule has 0 aliphatic heterocycles. The molecule has 1 aliphatic rings. The van der Waals surface area contributed by atoms with Crippen LogP contribution < -0.4 is 4.90 Å². The summed E-state index contributed by atoms with van der Waals surface area (Å²) in [5, 5.41) is 18.5. The average Bonchev–Trinajstić information content (AvgIpc) is 3.22. The van der Waals surface area contributed by atoms with E-state index in [9.17, 15) is 10.5 Å². The van der Waals surface area contributed by atoms with Crippen molar-refractivity contribution < 1.29 is 0 Å². The molecule has 0 aromatic heterocycles. The van der Waals surface area contributed by atoms with E-state index < -0.39 is 0 Å². The Morgan fingerprint density at radius 1 is 0.684 bits per heavy atom. The maximum absolute atomic E-state index is 9.27. The van der Waals surface area contributed by atoms with Gasteiger partial charge in [-0.15, -0.1) is 0 Å². The molecule has 0 radical (unpaired) electrons. The predicted molar refractivity (Wildman–Crippen MR) is 157 cm³/mol. The molecule has 0 unspecified atom stereocenters. The van der Waals surface area contributed by atoms with Gasteiger partial charge in [-0.3, -0.25) is 0 Å². The highest BCUT2D eigenvalue weighted by atomic mass is 15.1. The van der Waals surface area contributed by atoms with Gasteiger partial charge in [-0.2, -0.15) is 10.5 Å². The summed E-state index contributed by atoms with van der Waals surface area (Å²) in [5.41, 5.74) is 11.8. The van der Waals surface area contributed by atoms with Crippen LogP contribution in [0.15, 0.2) is 90.5 Å². The molecule has 38 heavy (non-hydrogen) atoms. The SMILES string of the molecule is CCC1(CC)c2cc(C=C(C#N)C#N)ccc2-c2ccc(N(c3ccc(C)cc3)c3ccc(C)cc3)cc21. The second-order valence-electron chi connectivity index (χ2n) is 10.1. The van der Waals surface area contributed by atoms with E-state index in [1.165, 1.54) is 33.4 Å². The summed E-state index contributed by atoms with van der Waals surface area (Å²) in [6, 6.07) is 34.5. The largest absolute Gasteiger partial charge is 0.310 e. The Kier molecular flexibility index (Phi) is 6.62. The zero-order chi connectivity index (χ0) is 26.9. The van der Waals surface area contributed by atoms with Crippen molar-refractivity contribution in [3.63, 3.8) is 0 Å². The molecule has 0 saturated heterocycles. The van der Waals surface area contributed by atoms with Crippen LogP contribution in [0.3, 0.4) is 0 Å². The van der Waals surface area contributed by atoms with Crippen molar-refractivity contribution >= 4 is 23.1 Å². The number of anilines is 3. The quantitative estimate of drug-likeness (QED) is 0.251. The van der Waals surface area contributed by atoms with E-state index in [1.807, 2.05) is 18.2 Å². The van der Waals surface area contributed by atoms with E-state index in [0.29, 0.717) is 0 Å². The molecule has 3 heteroatoms. The highest BCUT2D eigenvalue weighted by molar-refractivity contribution is 5.86. The lowest BCUT2D eigenvalue weighted by Gasteiger charge is -2.32. The fourth-order valence-corrected chi connectivity index (χ4v) is 5.83.